The number of benzene rings is 1. The van der Waals surface area contributed by atoms with Crippen molar-refractivity contribution in [3.8, 4) is 0 Å². The van der Waals surface area contributed by atoms with Gasteiger partial charge in [0.05, 0.1) is 0 Å². The highest BCUT2D eigenvalue weighted by Crippen LogP contribution is 2.28. The molecule has 3 rings (SSSR count). The average molecular weight is 262 g/mol. The van der Waals surface area contributed by atoms with Gasteiger partial charge in [-0.1, -0.05) is 6.92 Å². The lowest BCUT2D eigenvalue weighted by molar-refractivity contribution is -0.133. The second-order valence-corrected chi connectivity index (χ2v) is 5.73. The molecule has 4 heteroatoms. The van der Waals surface area contributed by atoms with Crippen LogP contribution in [0, 0.1) is 11.7 Å². The molecule has 1 aromatic rings. The zero-order valence-corrected chi connectivity index (χ0v) is 11.2. The van der Waals surface area contributed by atoms with Crippen molar-refractivity contribution in [1.29, 1.82) is 0 Å². The number of piperidine rings is 1. The van der Waals surface area contributed by atoms with E-state index < -0.39 is 0 Å². The third-order valence-corrected chi connectivity index (χ3v) is 4.09. The number of anilines is 1. The summed E-state index contributed by atoms with van der Waals surface area (Å²) in [4.78, 5) is 14.4. The van der Waals surface area contributed by atoms with E-state index in [4.69, 9.17) is 0 Å². The molecule has 0 aliphatic carbocycles. The normalized spacial score (nSPS) is 25.9. The Morgan fingerprint density at radius 3 is 3.11 bits per heavy atom. The van der Waals surface area contributed by atoms with Crippen molar-refractivity contribution in [1.82, 2.24) is 4.90 Å². The van der Waals surface area contributed by atoms with E-state index in [0.29, 0.717) is 12.3 Å². The maximum atomic E-state index is 13.2. The summed E-state index contributed by atoms with van der Waals surface area (Å²) in [5.74, 6) is 0.502. The standard InChI is InChI=1S/C15H19FN2O/c1-10-3-2-6-18(9-10)15(19)14-8-11-7-12(16)4-5-13(11)17-14/h4-5,7,10,14,17H,2-3,6,8-9H2,1H3. The van der Waals surface area contributed by atoms with Crippen LogP contribution < -0.4 is 5.32 Å². The van der Waals surface area contributed by atoms with Crippen molar-refractivity contribution < 1.29 is 9.18 Å². The molecule has 102 valence electrons. The van der Waals surface area contributed by atoms with Crippen LogP contribution in [0.3, 0.4) is 0 Å². The van der Waals surface area contributed by atoms with Crippen LogP contribution in [-0.4, -0.2) is 29.9 Å². The van der Waals surface area contributed by atoms with E-state index in [9.17, 15) is 9.18 Å². The van der Waals surface area contributed by atoms with Gasteiger partial charge in [-0.25, -0.2) is 4.39 Å². The fourth-order valence-corrected chi connectivity index (χ4v) is 3.09. The highest BCUT2D eigenvalue weighted by Gasteiger charge is 2.31. The predicted octanol–water partition coefficient (Wildman–Crippen LogP) is 2.42. The maximum Gasteiger partial charge on any atom is 0.245 e. The maximum absolute atomic E-state index is 13.2. The summed E-state index contributed by atoms with van der Waals surface area (Å²) >= 11 is 0. The first kappa shape index (κ1) is 12.5. The Labute approximate surface area is 112 Å². The molecular formula is C15H19FN2O. The number of carbonyl (C=O) groups is 1. The predicted molar refractivity (Wildman–Crippen MR) is 72.5 cm³/mol. The molecule has 3 nitrogen and oxygen atoms in total. The molecule has 2 unspecified atom stereocenters. The third kappa shape index (κ3) is 2.44. The molecule has 1 N–H and O–H groups in total. The molecular weight excluding hydrogens is 243 g/mol. The van der Waals surface area contributed by atoms with E-state index >= 15 is 0 Å². The lowest BCUT2D eigenvalue weighted by Gasteiger charge is -2.32. The number of nitrogens with zero attached hydrogens (tertiary/aromatic N) is 1. The number of fused-ring (bicyclic) bond motifs is 1. The van der Waals surface area contributed by atoms with Crippen molar-refractivity contribution in [2.45, 2.75) is 32.2 Å². The van der Waals surface area contributed by atoms with Gasteiger partial charge in [0.2, 0.25) is 5.91 Å². The second-order valence-electron chi connectivity index (χ2n) is 5.73. The van der Waals surface area contributed by atoms with Crippen LogP contribution in [0.5, 0.6) is 0 Å². The minimum absolute atomic E-state index is 0.156. The fraction of sp³-hybridized carbons (Fsp3) is 0.533. The van der Waals surface area contributed by atoms with Gasteiger partial charge in [0.15, 0.2) is 0 Å². The molecule has 0 saturated carbocycles. The first-order valence-electron chi connectivity index (χ1n) is 6.97. The van der Waals surface area contributed by atoms with Gasteiger partial charge >= 0.3 is 0 Å². The molecule has 0 spiro atoms. The SMILES string of the molecule is CC1CCCN(C(=O)C2Cc3cc(F)ccc3N2)C1. The zero-order valence-electron chi connectivity index (χ0n) is 11.2. The molecule has 2 heterocycles. The summed E-state index contributed by atoms with van der Waals surface area (Å²) in [6.07, 6.45) is 2.88. The zero-order chi connectivity index (χ0) is 13.4. The van der Waals surface area contributed by atoms with Crippen LogP contribution in [0.15, 0.2) is 18.2 Å². The molecule has 1 saturated heterocycles. The molecule has 19 heavy (non-hydrogen) atoms. The summed E-state index contributed by atoms with van der Waals surface area (Å²) in [7, 11) is 0. The third-order valence-electron chi connectivity index (χ3n) is 4.09. The van der Waals surface area contributed by atoms with E-state index in [-0.39, 0.29) is 17.8 Å². The van der Waals surface area contributed by atoms with Crippen LogP contribution in [0.25, 0.3) is 0 Å². The molecule has 0 radical (unpaired) electrons. The van der Waals surface area contributed by atoms with E-state index in [0.717, 1.165) is 30.8 Å². The van der Waals surface area contributed by atoms with Crippen LogP contribution in [0.2, 0.25) is 0 Å². The van der Waals surface area contributed by atoms with E-state index in [1.807, 2.05) is 4.90 Å². The minimum atomic E-state index is -0.236. The lowest BCUT2D eigenvalue weighted by atomic mass is 9.99. The molecule has 1 amide bonds. The Morgan fingerprint density at radius 2 is 2.32 bits per heavy atom. The number of amides is 1. The molecule has 0 bridgehead atoms. The van der Waals surface area contributed by atoms with E-state index in [1.54, 1.807) is 6.07 Å². The quantitative estimate of drug-likeness (QED) is 0.843. The number of rotatable bonds is 1. The summed E-state index contributed by atoms with van der Waals surface area (Å²) in [6.45, 7) is 3.89. The first-order chi connectivity index (χ1) is 9.13. The highest BCUT2D eigenvalue weighted by atomic mass is 19.1. The smallest absolute Gasteiger partial charge is 0.245 e. The van der Waals surface area contributed by atoms with Gasteiger partial charge in [0, 0.05) is 25.2 Å². The van der Waals surface area contributed by atoms with Gasteiger partial charge in [-0.15, -0.1) is 0 Å². The van der Waals surface area contributed by atoms with Gasteiger partial charge < -0.3 is 10.2 Å². The average Bonchev–Trinajstić information content (AvgIpc) is 2.80. The Balaban J connectivity index is 1.70. The first-order valence-corrected chi connectivity index (χ1v) is 6.97. The Bertz CT molecular complexity index is 503. The van der Waals surface area contributed by atoms with Crippen LogP contribution in [0.4, 0.5) is 10.1 Å². The molecule has 2 aliphatic heterocycles. The van der Waals surface area contributed by atoms with Gasteiger partial charge in [0.25, 0.3) is 0 Å². The van der Waals surface area contributed by atoms with Crippen LogP contribution in [-0.2, 0) is 11.2 Å². The molecule has 2 aliphatic rings. The van der Waals surface area contributed by atoms with Crippen molar-refractivity contribution in [2.75, 3.05) is 18.4 Å². The Kier molecular flexibility index (Phi) is 3.17. The number of hydrogen-bond donors (Lipinski definition) is 1. The highest BCUT2D eigenvalue weighted by molar-refractivity contribution is 5.87. The minimum Gasteiger partial charge on any atom is -0.373 e. The van der Waals surface area contributed by atoms with Crippen molar-refractivity contribution in [3.05, 3.63) is 29.6 Å². The summed E-state index contributed by atoms with van der Waals surface area (Å²) in [5.41, 5.74) is 1.80. The van der Waals surface area contributed by atoms with Gasteiger partial charge in [0.1, 0.15) is 11.9 Å². The number of halogens is 1. The second kappa shape index (κ2) is 4.83. The molecule has 1 fully saturated rings. The Hall–Kier alpha value is -1.58. The topological polar surface area (TPSA) is 32.3 Å². The van der Waals surface area contributed by atoms with Crippen molar-refractivity contribution >= 4 is 11.6 Å². The number of carbonyl (C=O) groups excluding carboxylic acids is 1. The molecule has 0 aromatic heterocycles. The van der Waals surface area contributed by atoms with Crippen LogP contribution >= 0.6 is 0 Å². The number of hydrogen-bond acceptors (Lipinski definition) is 2. The van der Waals surface area contributed by atoms with Gasteiger partial charge in [-0.2, -0.15) is 0 Å². The van der Waals surface area contributed by atoms with E-state index in [1.165, 1.54) is 18.6 Å². The summed E-state index contributed by atoms with van der Waals surface area (Å²) < 4.78 is 13.2. The summed E-state index contributed by atoms with van der Waals surface area (Å²) in [6, 6.07) is 4.45. The number of likely N-dealkylation sites (tertiary alicyclic amines) is 1. The summed E-state index contributed by atoms with van der Waals surface area (Å²) in [5, 5.41) is 3.22. The molecule has 1 aromatic carbocycles. The van der Waals surface area contributed by atoms with Gasteiger partial charge in [-0.3, -0.25) is 4.79 Å². The number of nitrogens with one attached hydrogen (secondary N) is 1. The largest absolute Gasteiger partial charge is 0.373 e. The van der Waals surface area contributed by atoms with Gasteiger partial charge in [-0.05, 0) is 42.5 Å². The van der Waals surface area contributed by atoms with Crippen molar-refractivity contribution in [3.63, 3.8) is 0 Å². The molecule has 2 atom stereocenters. The monoisotopic (exact) mass is 262 g/mol. The lowest BCUT2D eigenvalue weighted by Crippen LogP contribution is -2.46. The van der Waals surface area contributed by atoms with Crippen LogP contribution in [0.1, 0.15) is 25.3 Å². The Morgan fingerprint density at radius 1 is 1.47 bits per heavy atom. The van der Waals surface area contributed by atoms with Crippen molar-refractivity contribution in [2.24, 2.45) is 5.92 Å². The van der Waals surface area contributed by atoms with E-state index in [2.05, 4.69) is 12.2 Å². The fourth-order valence-electron chi connectivity index (χ4n) is 3.09.